The van der Waals surface area contributed by atoms with Crippen LogP contribution in [0.25, 0.3) is 10.9 Å². The van der Waals surface area contributed by atoms with Gasteiger partial charge in [-0.3, -0.25) is 9.78 Å². The number of rotatable bonds is 10. The van der Waals surface area contributed by atoms with Crippen LogP contribution in [-0.4, -0.2) is 40.3 Å². The van der Waals surface area contributed by atoms with Crippen LogP contribution in [-0.2, 0) is 6.42 Å². The number of nitrogens with one attached hydrogen (secondary N) is 1. The smallest absolute Gasteiger partial charge is 0.254 e. The molecule has 7 nitrogen and oxygen atoms in total. The number of fused-ring (bicyclic) bond motifs is 1. The zero-order chi connectivity index (χ0) is 24.8. The fourth-order valence-corrected chi connectivity index (χ4v) is 4.01. The van der Waals surface area contributed by atoms with Gasteiger partial charge in [0.1, 0.15) is 11.3 Å². The predicted octanol–water partition coefficient (Wildman–Crippen LogP) is 4.01. The molecule has 35 heavy (non-hydrogen) atoms. The molecule has 0 bridgehead atoms. The Labute approximate surface area is 208 Å². The highest BCUT2D eigenvalue weighted by Crippen LogP contribution is 2.32. The number of benzene rings is 3. The first-order valence-corrected chi connectivity index (χ1v) is 11.5. The second kappa shape index (κ2) is 11.3. The fraction of sp³-hybridized carbons (Fsp3) is 0.185. The lowest BCUT2D eigenvalue weighted by molar-refractivity contribution is 0.0998. The Kier molecular flexibility index (Phi) is 7.94. The number of carbonyl (C=O) groups excluding carboxylic acids is 1. The molecule has 1 aromatic heterocycles. The Bertz CT molecular complexity index is 1310. The third-order valence-electron chi connectivity index (χ3n) is 5.67. The topological polar surface area (TPSA) is 118 Å². The van der Waals surface area contributed by atoms with Crippen molar-refractivity contribution in [1.29, 1.82) is 0 Å². The molecular weight excluding hydrogens is 466 g/mol. The summed E-state index contributed by atoms with van der Waals surface area (Å²) in [6.07, 6.45) is 1.22. The van der Waals surface area contributed by atoms with Crippen molar-refractivity contribution in [1.82, 2.24) is 10.3 Å². The number of nitrogens with zero attached hydrogens (tertiary/aromatic N) is 1. The highest BCUT2D eigenvalue weighted by molar-refractivity contribution is 6.30. The van der Waals surface area contributed by atoms with Crippen LogP contribution in [0.15, 0.2) is 79.0 Å². The molecule has 8 heteroatoms. The molecule has 0 aliphatic carbocycles. The molecule has 1 amide bonds. The van der Waals surface area contributed by atoms with E-state index in [4.69, 9.17) is 22.1 Å². The quantitative estimate of drug-likeness (QED) is 0.266. The minimum atomic E-state index is -0.742. The van der Waals surface area contributed by atoms with Gasteiger partial charge >= 0.3 is 0 Å². The molecule has 2 atom stereocenters. The zero-order valence-electron chi connectivity index (χ0n) is 18.9. The Hall–Kier alpha value is -3.49. The molecule has 0 unspecified atom stereocenters. The van der Waals surface area contributed by atoms with Crippen LogP contribution in [0.1, 0.15) is 27.6 Å². The van der Waals surface area contributed by atoms with E-state index in [0.717, 1.165) is 5.56 Å². The standard InChI is InChI=1S/C27H26ClN3O4/c28-19-5-3-4-18(13-19)25(33)15-30-20(16-32)12-17-8-10-21(11-9-17)35-26-22-6-1-2-7-24(22)31-14-23(26)27(29)34/h1-11,13-14,20,25,30,32-33H,12,15-16H2,(H2,29,34)/t20-,25-/m0/s1. The minimum absolute atomic E-state index is 0.0918. The number of pyridine rings is 1. The molecule has 0 aliphatic heterocycles. The summed E-state index contributed by atoms with van der Waals surface area (Å²) in [4.78, 5) is 16.2. The summed E-state index contributed by atoms with van der Waals surface area (Å²) >= 11 is 6.00. The number of carbonyl (C=O) groups is 1. The number of hydrogen-bond donors (Lipinski definition) is 4. The van der Waals surface area contributed by atoms with Crippen molar-refractivity contribution in [3.63, 3.8) is 0 Å². The number of amides is 1. The molecule has 0 fully saturated rings. The van der Waals surface area contributed by atoms with Crippen LogP contribution in [0, 0.1) is 0 Å². The molecule has 4 aromatic rings. The van der Waals surface area contributed by atoms with E-state index >= 15 is 0 Å². The van der Waals surface area contributed by atoms with Crippen LogP contribution in [0.2, 0.25) is 5.02 Å². The van der Waals surface area contributed by atoms with Crippen LogP contribution in [0.5, 0.6) is 11.5 Å². The largest absolute Gasteiger partial charge is 0.456 e. The number of nitrogens with two attached hydrogens (primary N) is 1. The summed E-state index contributed by atoms with van der Waals surface area (Å²) in [6.45, 7) is 0.184. The van der Waals surface area contributed by atoms with Crippen molar-refractivity contribution in [3.05, 3.63) is 101 Å². The van der Waals surface area contributed by atoms with Crippen molar-refractivity contribution < 1.29 is 19.7 Å². The maximum atomic E-state index is 11.9. The average molecular weight is 492 g/mol. The van der Waals surface area contributed by atoms with E-state index in [1.807, 2.05) is 36.4 Å². The predicted molar refractivity (Wildman–Crippen MR) is 136 cm³/mol. The summed E-state index contributed by atoms with van der Waals surface area (Å²) in [5, 5.41) is 24.7. The van der Waals surface area contributed by atoms with Crippen molar-refractivity contribution in [2.45, 2.75) is 18.6 Å². The van der Waals surface area contributed by atoms with Gasteiger partial charge in [-0.15, -0.1) is 0 Å². The maximum absolute atomic E-state index is 11.9. The highest BCUT2D eigenvalue weighted by atomic mass is 35.5. The fourth-order valence-electron chi connectivity index (χ4n) is 3.81. The number of halogens is 1. The van der Waals surface area contributed by atoms with Crippen molar-refractivity contribution >= 4 is 28.4 Å². The van der Waals surface area contributed by atoms with Crippen molar-refractivity contribution in [2.75, 3.05) is 13.2 Å². The first-order valence-electron chi connectivity index (χ1n) is 11.2. The van der Waals surface area contributed by atoms with Gasteiger partial charge in [-0.25, -0.2) is 0 Å². The molecule has 4 rings (SSSR count). The summed E-state index contributed by atoms with van der Waals surface area (Å²) < 4.78 is 6.06. The van der Waals surface area contributed by atoms with Gasteiger partial charge in [0.15, 0.2) is 5.75 Å². The van der Waals surface area contributed by atoms with Crippen LogP contribution >= 0.6 is 11.6 Å². The lowest BCUT2D eigenvalue weighted by atomic mass is 10.0. The van der Waals surface area contributed by atoms with Crippen molar-refractivity contribution in [2.24, 2.45) is 5.73 Å². The maximum Gasteiger partial charge on any atom is 0.254 e. The van der Waals surface area contributed by atoms with Gasteiger partial charge in [0.05, 0.1) is 18.2 Å². The van der Waals surface area contributed by atoms with Gasteiger partial charge in [-0.2, -0.15) is 0 Å². The number of hydrogen-bond acceptors (Lipinski definition) is 6. The molecule has 0 spiro atoms. The molecular formula is C27H26ClN3O4. The molecule has 0 aliphatic rings. The third-order valence-corrected chi connectivity index (χ3v) is 5.91. The minimum Gasteiger partial charge on any atom is -0.456 e. The van der Waals surface area contributed by atoms with E-state index in [1.54, 1.807) is 36.4 Å². The van der Waals surface area contributed by atoms with Crippen LogP contribution < -0.4 is 15.8 Å². The number of aliphatic hydroxyl groups excluding tert-OH is 2. The molecule has 0 saturated carbocycles. The van der Waals surface area contributed by atoms with Gasteiger partial charge in [0.2, 0.25) is 0 Å². The number of ether oxygens (including phenoxy) is 1. The average Bonchev–Trinajstić information content (AvgIpc) is 2.87. The monoisotopic (exact) mass is 491 g/mol. The Morgan fingerprint density at radius 1 is 1.09 bits per heavy atom. The second-order valence-corrected chi connectivity index (χ2v) is 8.63. The lowest BCUT2D eigenvalue weighted by Gasteiger charge is -2.19. The SMILES string of the molecule is NC(=O)c1cnc2ccccc2c1Oc1ccc(C[C@@H](CO)NC[C@H](O)c2cccc(Cl)c2)cc1. The number of para-hydroxylation sites is 1. The second-order valence-electron chi connectivity index (χ2n) is 8.19. The van der Waals surface area contributed by atoms with E-state index in [0.29, 0.717) is 39.4 Å². The molecule has 3 aromatic carbocycles. The Morgan fingerprint density at radius 2 is 1.86 bits per heavy atom. The highest BCUT2D eigenvalue weighted by Gasteiger charge is 2.16. The molecule has 0 radical (unpaired) electrons. The summed E-state index contributed by atoms with van der Waals surface area (Å²) in [5.41, 5.74) is 8.11. The van der Waals surface area contributed by atoms with Gasteiger partial charge in [-0.1, -0.05) is 48.0 Å². The molecule has 180 valence electrons. The van der Waals surface area contributed by atoms with E-state index in [9.17, 15) is 15.0 Å². The summed E-state index contributed by atoms with van der Waals surface area (Å²) in [7, 11) is 0. The molecule has 0 saturated heterocycles. The van der Waals surface area contributed by atoms with E-state index in [1.165, 1.54) is 6.20 Å². The number of primary amides is 1. The van der Waals surface area contributed by atoms with E-state index < -0.39 is 12.0 Å². The van der Waals surface area contributed by atoms with Gasteiger partial charge in [-0.05, 0) is 53.9 Å². The van der Waals surface area contributed by atoms with Gasteiger partial charge < -0.3 is 26.0 Å². The normalized spacial score (nSPS) is 12.9. The molecule has 5 N–H and O–H groups in total. The Balaban J connectivity index is 1.42. The van der Waals surface area contributed by atoms with Crippen LogP contribution in [0.4, 0.5) is 0 Å². The van der Waals surface area contributed by atoms with Crippen LogP contribution in [0.3, 0.4) is 0 Å². The first-order chi connectivity index (χ1) is 16.9. The summed E-state index contributed by atoms with van der Waals surface area (Å²) in [5.74, 6) is 0.282. The van der Waals surface area contributed by atoms with Gasteiger partial charge in [0.25, 0.3) is 5.91 Å². The van der Waals surface area contributed by atoms with Gasteiger partial charge in [0, 0.05) is 29.2 Å². The number of aromatic nitrogens is 1. The first kappa shape index (κ1) is 24.6. The van der Waals surface area contributed by atoms with E-state index in [2.05, 4.69) is 10.3 Å². The third kappa shape index (κ3) is 6.15. The Morgan fingerprint density at radius 3 is 2.57 bits per heavy atom. The lowest BCUT2D eigenvalue weighted by Crippen LogP contribution is -2.37. The van der Waals surface area contributed by atoms with Crippen molar-refractivity contribution in [3.8, 4) is 11.5 Å². The zero-order valence-corrected chi connectivity index (χ0v) is 19.7. The summed E-state index contributed by atoms with van der Waals surface area (Å²) in [6, 6.07) is 21.5. The number of aliphatic hydroxyl groups is 2. The molecule has 1 heterocycles. The van der Waals surface area contributed by atoms with E-state index in [-0.39, 0.29) is 24.8 Å².